The van der Waals surface area contributed by atoms with Gasteiger partial charge in [-0.15, -0.1) is 0 Å². The molecule has 11 amide bonds. The SMILES string of the molecule is CC(C)CC(CC(=O)NO)C(=O)N[C@@H](Cc1cnc[nH]1)C(=O)N[C@@H](CCC(N)=O)C(=O)NCC(=O)NCC(=O)N[C@@H](CCCCNC(=O)CCCC[C@@H]1SC[C@@H]2NC(=O)N[C@@H]21)C(N)=O. The highest BCUT2D eigenvalue weighted by Gasteiger charge is 2.42. The number of nitrogens with two attached hydrogens (primary N) is 2. The van der Waals surface area contributed by atoms with E-state index in [2.05, 4.69) is 52.5 Å². The van der Waals surface area contributed by atoms with Gasteiger partial charge in [0.2, 0.25) is 53.2 Å². The van der Waals surface area contributed by atoms with Crippen LogP contribution in [-0.4, -0.2) is 135 Å². The Morgan fingerprint density at radius 3 is 2.20 bits per heavy atom. The number of nitrogens with zero attached hydrogens (tertiary/aromatic N) is 1. The Balaban J connectivity index is 1.41. The van der Waals surface area contributed by atoms with Crippen LogP contribution in [0.4, 0.5) is 4.79 Å². The number of unbranched alkanes of at least 4 members (excludes halogenated alkanes) is 2. The molecule has 2 saturated heterocycles. The molecule has 15 N–H and O–H groups in total. The third-order valence-electron chi connectivity index (χ3n) is 10.5. The molecule has 1 unspecified atom stereocenters. The largest absolute Gasteiger partial charge is 0.370 e. The summed E-state index contributed by atoms with van der Waals surface area (Å²) in [6.45, 7) is 2.78. The Morgan fingerprint density at radius 2 is 1.53 bits per heavy atom. The van der Waals surface area contributed by atoms with E-state index in [1.807, 2.05) is 25.6 Å². The minimum atomic E-state index is -1.41. The zero-order chi connectivity index (χ0) is 47.2. The van der Waals surface area contributed by atoms with Crippen LogP contribution in [0.15, 0.2) is 12.5 Å². The summed E-state index contributed by atoms with van der Waals surface area (Å²) >= 11 is 1.83. The lowest BCUT2D eigenvalue weighted by Gasteiger charge is -2.25. The second-order valence-corrected chi connectivity index (χ2v) is 17.5. The van der Waals surface area contributed by atoms with E-state index in [1.165, 1.54) is 18.0 Å². The molecule has 3 rings (SSSR count). The topological polar surface area (TPSA) is 380 Å². The lowest BCUT2D eigenvalue weighted by Crippen LogP contribution is -2.56. The number of aromatic amines is 1. The van der Waals surface area contributed by atoms with E-state index in [0.717, 1.165) is 18.6 Å². The number of nitrogens with one attached hydrogen (secondary N) is 10. The van der Waals surface area contributed by atoms with Crippen LogP contribution in [0.25, 0.3) is 0 Å². The van der Waals surface area contributed by atoms with Crippen molar-refractivity contribution in [2.24, 2.45) is 23.3 Å². The van der Waals surface area contributed by atoms with E-state index in [-0.39, 0.29) is 68.5 Å². The highest BCUT2D eigenvalue weighted by molar-refractivity contribution is 8.00. The van der Waals surface area contributed by atoms with Crippen LogP contribution in [0.1, 0.15) is 90.2 Å². The van der Waals surface area contributed by atoms with Crippen LogP contribution in [0, 0.1) is 11.8 Å². The van der Waals surface area contributed by atoms with Crippen molar-refractivity contribution < 1.29 is 53.2 Å². The lowest BCUT2D eigenvalue weighted by molar-refractivity contribution is -0.137. The van der Waals surface area contributed by atoms with Crippen LogP contribution in [-0.2, 0) is 49.6 Å². The Bertz CT molecular complexity index is 1780. The summed E-state index contributed by atoms with van der Waals surface area (Å²) in [5.41, 5.74) is 12.7. The van der Waals surface area contributed by atoms with Gasteiger partial charge in [0.05, 0.1) is 31.5 Å². The molecule has 2 aliphatic heterocycles. The molecule has 1 aromatic heterocycles. The molecule has 1 aromatic rings. The van der Waals surface area contributed by atoms with Gasteiger partial charge < -0.3 is 59.0 Å². The molecule has 0 spiro atoms. The Hall–Kier alpha value is -5.98. The van der Waals surface area contributed by atoms with E-state index in [0.29, 0.717) is 43.2 Å². The standard InChI is InChI=1S/C39H63N13O11S/c1-21(2)13-22(14-31(55)52-63)36(59)49-26(15-23-16-42-20-46-23)38(61)48-25(10-11-29(40)53)37(60)45-17-32(56)44-18-33(57)47-24(35(41)58)7-5-6-12-43-30(54)9-4-3-8-28-34-27(19-64-28)50-39(62)51-34/h16,20-22,24-28,34,63H,3-15,17-19H2,1-2H3,(H2,40,53)(H2,41,58)(H,42,46)(H,43,54)(H,44,56)(H,45,60)(H,47,57)(H,48,61)(H,49,59)(H,52,55)(H2,50,51,62)/t22?,24-,25-,26-,27-,28-,34-/m0/s1. The molecule has 0 radical (unpaired) electrons. The average Bonchev–Trinajstić information content (AvgIpc) is 3.99. The number of H-pyrrole nitrogens is 1. The zero-order valence-corrected chi connectivity index (χ0v) is 36.9. The van der Waals surface area contributed by atoms with Crippen LogP contribution in [0.2, 0.25) is 0 Å². The van der Waals surface area contributed by atoms with E-state index < -0.39 is 84.4 Å². The summed E-state index contributed by atoms with van der Waals surface area (Å²) in [4.78, 5) is 132. The molecule has 64 heavy (non-hydrogen) atoms. The first-order chi connectivity index (χ1) is 30.4. The van der Waals surface area contributed by atoms with Crippen molar-refractivity contribution >= 4 is 71.0 Å². The second-order valence-electron chi connectivity index (χ2n) is 16.2. The molecule has 3 heterocycles. The molecule has 2 aliphatic rings. The van der Waals surface area contributed by atoms with Crippen LogP contribution in [0.5, 0.6) is 0 Å². The molecule has 24 nitrogen and oxygen atoms in total. The molecule has 7 atom stereocenters. The predicted octanol–water partition coefficient (Wildman–Crippen LogP) is -3.04. The Morgan fingerprint density at radius 1 is 0.797 bits per heavy atom. The summed E-state index contributed by atoms with van der Waals surface area (Å²) in [5, 5.41) is 30.2. The van der Waals surface area contributed by atoms with E-state index >= 15 is 0 Å². The Kier molecular flexibility index (Phi) is 22.3. The Labute approximate surface area is 374 Å². The maximum absolute atomic E-state index is 13.6. The van der Waals surface area contributed by atoms with Crippen molar-refractivity contribution in [3.63, 3.8) is 0 Å². The van der Waals surface area contributed by atoms with Crippen LogP contribution in [0.3, 0.4) is 0 Å². The van der Waals surface area contributed by atoms with Gasteiger partial charge in [-0.05, 0) is 50.9 Å². The fourth-order valence-corrected chi connectivity index (χ4v) is 8.73. The van der Waals surface area contributed by atoms with Crippen LogP contribution >= 0.6 is 11.8 Å². The highest BCUT2D eigenvalue weighted by atomic mass is 32.2. The van der Waals surface area contributed by atoms with Crippen molar-refractivity contribution in [3.05, 3.63) is 18.2 Å². The van der Waals surface area contributed by atoms with Crippen molar-refractivity contribution in [1.82, 2.24) is 58.0 Å². The van der Waals surface area contributed by atoms with Gasteiger partial charge >= 0.3 is 6.03 Å². The fraction of sp³-hybridized carbons (Fsp3) is 0.667. The van der Waals surface area contributed by atoms with Gasteiger partial charge in [-0.2, -0.15) is 11.8 Å². The van der Waals surface area contributed by atoms with Crippen molar-refractivity contribution in [2.45, 2.75) is 126 Å². The molecule has 2 fully saturated rings. The maximum atomic E-state index is 13.6. The average molecular weight is 922 g/mol. The number of fused-ring (bicyclic) bond motifs is 1. The molecule has 0 aromatic carbocycles. The second kappa shape index (κ2) is 27.3. The first-order valence-corrected chi connectivity index (χ1v) is 22.4. The van der Waals surface area contributed by atoms with Gasteiger partial charge in [-0.3, -0.25) is 48.4 Å². The monoisotopic (exact) mass is 921 g/mol. The summed E-state index contributed by atoms with van der Waals surface area (Å²) in [7, 11) is 0. The van der Waals surface area contributed by atoms with Gasteiger partial charge in [-0.25, -0.2) is 15.3 Å². The van der Waals surface area contributed by atoms with Gasteiger partial charge in [0.15, 0.2) is 0 Å². The summed E-state index contributed by atoms with van der Waals surface area (Å²) in [5.74, 6) is -6.52. The van der Waals surface area contributed by atoms with E-state index in [4.69, 9.17) is 16.7 Å². The number of aromatic nitrogens is 2. The van der Waals surface area contributed by atoms with Gasteiger partial charge in [0, 0.05) is 61.0 Å². The summed E-state index contributed by atoms with van der Waals surface area (Å²) < 4.78 is 0. The number of hydrogen-bond acceptors (Lipinski definition) is 13. The molecule has 25 heteroatoms. The van der Waals surface area contributed by atoms with E-state index in [1.54, 1.807) is 0 Å². The van der Waals surface area contributed by atoms with Gasteiger partial charge in [0.25, 0.3) is 0 Å². The van der Waals surface area contributed by atoms with Crippen molar-refractivity contribution in [1.29, 1.82) is 0 Å². The molecule has 356 valence electrons. The lowest BCUT2D eigenvalue weighted by atomic mass is 9.92. The number of hydrogen-bond donors (Lipinski definition) is 13. The molecular formula is C39H63N13O11S. The first-order valence-electron chi connectivity index (χ1n) is 21.3. The number of urea groups is 1. The normalized spacial score (nSPS) is 18.2. The number of amides is 11. The third kappa shape index (κ3) is 19.2. The minimum Gasteiger partial charge on any atom is -0.370 e. The van der Waals surface area contributed by atoms with Gasteiger partial charge in [0.1, 0.15) is 18.1 Å². The van der Waals surface area contributed by atoms with Crippen molar-refractivity contribution in [2.75, 3.05) is 25.4 Å². The van der Waals surface area contributed by atoms with Crippen molar-refractivity contribution in [3.8, 4) is 0 Å². The number of thioether (sulfide) groups is 1. The molecule has 0 saturated carbocycles. The number of carbonyl (C=O) groups excluding carboxylic acids is 10. The van der Waals surface area contributed by atoms with E-state index in [9.17, 15) is 47.9 Å². The predicted molar refractivity (Wildman–Crippen MR) is 230 cm³/mol. The number of primary amides is 2. The third-order valence-corrected chi connectivity index (χ3v) is 12.0. The fourth-order valence-electron chi connectivity index (χ4n) is 7.19. The number of hydroxylamine groups is 1. The maximum Gasteiger partial charge on any atom is 0.315 e. The van der Waals surface area contributed by atoms with Gasteiger partial charge in [-0.1, -0.05) is 20.3 Å². The number of carbonyl (C=O) groups is 10. The molecular weight excluding hydrogens is 859 g/mol. The first kappa shape index (κ1) is 52.4. The quantitative estimate of drug-likeness (QED) is 0.0158. The molecule has 0 aliphatic carbocycles. The highest BCUT2D eigenvalue weighted by Crippen LogP contribution is 2.33. The van der Waals surface area contributed by atoms with Crippen LogP contribution < -0.4 is 59.5 Å². The zero-order valence-electron chi connectivity index (χ0n) is 36.1. The minimum absolute atomic E-state index is 0.0357. The smallest absolute Gasteiger partial charge is 0.315 e. The summed E-state index contributed by atoms with van der Waals surface area (Å²) in [6.07, 6.45) is 5.88. The molecule has 0 bridgehead atoms. The number of imidazole rings is 1. The number of rotatable bonds is 30. The summed E-state index contributed by atoms with van der Waals surface area (Å²) in [6, 6.07) is -3.62.